The average molecular weight is 383 g/mol. The van der Waals surface area contributed by atoms with E-state index in [4.69, 9.17) is 0 Å². The predicted molar refractivity (Wildman–Crippen MR) is 118 cm³/mol. The summed E-state index contributed by atoms with van der Waals surface area (Å²) < 4.78 is 0. The van der Waals surface area contributed by atoms with Crippen LogP contribution in [-0.4, -0.2) is 0 Å². The van der Waals surface area contributed by atoms with E-state index in [0.717, 1.165) is 9.79 Å². The molecule has 0 saturated carbocycles. The van der Waals surface area contributed by atoms with Crippen LogP contribution in [0.25, 0.3) is 11.1 Å². The molecule has 0 saturated heterocycles. The fraction of sp³-hybridized carbons (Fsp3) is 0.0400. The molecular formula is C25H18S2. The monoisotopic (exact) mass is 382 g/mol. The van der Waals surface area contributed by atoms with E-state index in [2.05, 4.69) is 122 Å². The minimum atomic E-state index is -0.337. The van der Waals surface area contributed by atoms with Crippen LogP contribution in [0.2, 0.25) is 0 Å². The molecular weight excluding hydrogens is 364 g/mol. The molecule has 0 nitrogen and oxygen atoms in total. The maximum absolute atomic E-state index is 4.50. The highest BCUT2D eigenvalue weighted by molar-refractivity contribution is 7.80. The Balaban J connectivity index is 1.94. The fourth-order valence-electron chi connectivity index (χ4n) is 4.45. The van der Waals surface area contributed by atoms with E-state index in [0.29, 0.717) is 0 Å². The molecule has 0 heterocycles. The van der Waals surface area contributed by atoms with E-state index in [1.807, 2.05) is 0 Å². The van der Waals surface area contributed by atoms with Crippen LogP contribution in [0.15, 0.2) is 107 Å². The van der Waals surface area contributed by atoms with Crippen LogP contribution < -0.4 is 0 Å². The van der Waals surface area contributed by atoms with Gasteiger partial charge in [0.15, 0.2) is 0 Å². The van der Waals surface area contributed by atoms with E-state index in [1.54, 1.807) is 0 Å². The second kappa shape index (κ2) is 6.33. The first-order valence-corrected chi connectivity index (χ1v) is 9.89. The van der Waals surface area contributed by atoms with Crippen LogP contribution in [0.3, 0.4) is 0 Å². The fourth-order valence-corrected chi connectivity index (χ4v) is 4.74. The van der Waals surface area contributed by atoms with Crippen LogP contribution in [0.5, 0.6) is 0 Å². The van der Waals surface area contributed by atoms with E-state index in [-0.39, 0.29) is 5.41 Å². The Morgan fingerprint density at radius 1 is 0.444 bits per heavy atom. The van der Waals surface area contributed by atoms with Gasteiger partial charge in [-0.1, -0.05) is 72.8 Å². The molecule has 27 heavy (non-hydrogen) atoms. The minimum Gasteiger partial charge on any atom is -0.143 e. The molecule has 0 unspecified atom stereocenters. The smallest absolute Gasteiger partial charge is 0.0713 e. The van der Waals surface area contributed by atoms with Crippen molar-refractivity contribution in [1.29, 1.82) is 0 Å². The molecule has 130 valence electrons. The number of benzene rings is 4. The molecule has 1 aliphatic carbocycles. The van der Waals surface area contributed by atoms with Gasteiger partial charge in [-0.25, -0.2) is 0 Å². The Bertz CT molecular complexity index is 1030. The minimum absolute atomic E-state index is 0.337. The molecule has 0 aromatic heterocycles. The summed E-state index contributed by atoms with van der Waals surface area (Å²) in [6.07, 6.45) is 0. The number of hydrogen-bond acceptors (Lipinski definition) is 2. The maximum atomic E-state index is 4.50. The average Bonchev–Trinajstić information content (AvgIpc) is 3.01. The highest BCUT2D eigenvalue weighted by atomic mass is 32.1. The maximum Gasteiger partial charge on any atom is 0.0713 e. The van der Waals surface area contributed by atoms with Gasteiger partial charge in [-0.05, 0) is 57.6 Å². The third kappa shape index (κ3) is 2.40. The molecule has 0 fully saturated rings. The van der Waals surface area contributed by atoms with E-state index >= 15 is 0 Å². The Morgan fingerprint density at radius 2 is 0.815 bits per heavy atom. The van der Waals surface area contributed by atoms with Gasteiger partial charge < -0.3 is 0 Å². The molecule has 0 atom stereocenters. The molecule has 0 spiro atoms. The largest absolute Gasteiger partial charge is 0.143 e. The van der Waals surface area contributed by atoms with Crippen LogP contribution in [0, 0.1) is 0 Å². The highest BCUT2D eigenvalue weighted by Gasteiger charge is 2.45. The number of rotatable bonds is 2. The third-order valence-electron chi connectivity index (χ3n) is 5.55. The molecule has 4 aromatic carbocycles. The Hall–Kier alpha value is -2.42. The van der Waals surface area contributed by atoms with Crippen molar-refractivity contribution in [3.8, 4) is 11.1 Å². The number of fused-ring (bicyclic) bond motifs is 3. The third-order valence-corrected chi connectivity index (χ3v) is 6.15. The van der Waals surface area contributed by atoms with E-state index < -0.39 is 0 Å². The van der Waals surface area contributed by atoms with Crippen LogP contribution in [0.4, 0.5) is 0 Å². The molecule has 0 bridgehead atoms. The molecule has 0 radical (unpaired) electrons. The Labute approximate surface area is 170 Å². The van der Waals surface area contributed by atoms with Crippen molar-refractivity contribution in [3.63, 3.8) is 0 Å². The first-order chi connectivity index (χ1) is 13.2. The van der Waals surface area contributed by atoms with Gasteiger partial charge in [0.05, 0.1) is 5.41 Å². The second-order valence-corrected chi connectivity index (χ2v) is 7.97. The van der Waals surface area contributed by atoms with Crippen LogP contribution >= 0.6 is 25.3 Å². The lowest BCUT2D eigenvalue weighted by Crippen LogP contribution is -2.28. The number of thiol groups is 2. The van der Waals surface area contributed by atoms with Crippen molar-refractivity contribution in [3.05, 3.63) is 119 Å². The van der Waals surface area contributed by atoms with Crippen molar-refractivity contribution in [2.45, 2.75) is 15.2 Å². The Morgan fingerprint density at radius 3 is 1.22 bits per heavy atom. The van der Waals surface area contributed by atoms with Gasteiger partial charge in [-0.15, -0.1) is 25.3 Å². The zero-order valence-corrected chi connectivity index (χ0v) is 16.4. The first-order valence-electron chi connectivity index (χ1n) is 8.99. The normalized spacial score (nSPS) is 13.9. The van der Waals surface area contributed by atoms with Crippen molar-refractivity contribution in [2.75, 3.05) is 0 Å². The summed E-state index contributed by atoms with van der Waals surface area (Å²) in [4.78, 5) is 1.94. The lowest BCUT2D eigenvalue weighted by molar-refractivity contribution is 0.766. The topological polar surface area (TPSA) is 0 Å². The molecule has 0 aliphatic heterocycles. The van der Waals surface area contributed by atoms with Crippen molar-refractivity contribution in [2.24, 2.45) is 0 Å². The summed E-state index contributed by atoms with van der Waals surface area (Å²) in [7, 11) is 0. The predicted octanol–water partition coefficient (Wildman–Crippen LogP) is 6.63. The summed E-state index contributed by atoms with van der Waals surface area (Å²) in [5.74, 6) is 0. The van der Waals surface area contributed by atoms with Gasteiger partial charge in [-0.3, -0.25) is 0 Å². The van der Waals surface area contributed by atoms with Gasteiger partial charge >= 0.3 is 0 Å². The van der Waals surface area contributed by atoms with Crippen molar-refractivity contribution < 1.29 is 0 Å². The lowest BCUT2D eigenvalue weighted by atomic mass is 9.68. The second-order valence-electron chi connectivity index (χ2n) is 6.93. The summed E-state index contributed by atoms with van der Waals surface area (Å²) in [5, 5.41) is 0. The molecule has 0 amide bonds. The van der Waals surface area contributed by atoms with Gasteiger partial charge in [0.25, 0.3) is 0 Å². The number of hydrogen-bond donors (Lipinski definition) is 2. The highest BCUT2D eigenvalue weighted by Crippen LogP contribution is 2.55. The zero-order valence-electron chi connectivity index (χ0n) is 14.6. The van der Waals surface area contributed by atoms with Gasteiger partial charge in [0.2, 0.25) is 0 Å². The molecule has 1 aliphatic rings. The molecule has 0 N–H and O–H groups in total. The summed E-state index contributed by atoms with van der Waals surface area (Å²) in [5.41, 5.74) is 7.43. The molecule has 5 rings (SSSR count). The van der Waals surface area contributed by atoms with Crippen molar-refractivity contribution >= 4 is 25.3 Å². The van der Waals surface area contributed by atoms with Gasteiger partial charge in [0, 0.05) is 9.79 Å². The summed E-state index contributed by atoms with van der Waals surface area (Å²) in [6, 6.07) is 34.7. The van der Waals surface area contributed by atoms with Crippen LogP contribution in [0.1, 0.15) is 22.3 Å². The van der Waals surface area contributed by atoms with E-state index in [9.17, 15) is 0 Å². The SMILES string of the molecule is Sc1ccc(C2(c3ccc(S)cc3)c3ccccc3-c3ccccc32)cc1. The van der Waals surface area contributed by atoms with Gasteiger partial charge in [0.1, 0.15) is 0 Å². The summed E-state index contributed by atoms with van der Waals surface area (Å²) >= 11 is 9.01. The summed E-state index contributed by atoms with van der Waals surface area (Å²) in [6.45, 7) is 0. The molecule has 2 heteroatoms. The van der Waals surface area contributed by atoms with Gasteiger partial charge in [-0.2, -0.15) is 0 Å². The first kappa shape index (κ1) is 16.7. The standard InChI is InChI=1S/C25H18S2/c26-19-13-9-17(10-14-19)25(18-11-15-20(27)16-12-18)23-7-3-1-5-21(23)22-6-2-4-8-24(22)25/h1-16,26-27H. The lowest BCUT2D eigenvalue weighted by Gasteiger charge is -2.34. The van der Waals surface area contributed by atoms with Crippen molar-refractivity contribution in [1.82, 2.24) is 0 Å². The Kier molecular flexibility index (Phi) is 3.92. The van der Waals surface area contributed by atoms with E-state index in [1.165, 1.54) is 33.4 Å². The zero-order chi connectivity index (χ0) is 18.4. The van der Waals surface area contributed by atoms with Crippen LogP contribution in [-0.2, 0) is 5.41 Å². The quantitative estimate of drug-likeness (QED) is 0.315. The molecule has 4 aromatic rings.